The molecule has 3 saturated heterocycles. The van der Waals surface area contributed by atoms with Crippen molar-refractivity contribution in [1.29, 1.82) is 0 Å². The zero-order valence-corrected chi connectivity index (χ0v) is 23.7. The number of halogens is 3. The van der Waals surface area contributed by atoms with Crippen LogP contribution in [0.1, 0.15) is 56.6 Å². The monoisotopic (exact) mass is 599 g/mol. The van der Waals surface area contributed by atoms with Crippen molar-refractivity contribution in [1.82, 2.24) is 19.6 Å². The fourth-order valence-corrected chi connectivity index (χ4v) is 7.63. The van der Waals surface area contributed by atoms with Crippen LogP contribution in [-0.2, 0) is 17.5 Å². The second kappa shape index (κ2) is 11.5. The van der Waals surface area contributed by atoms with Gasteiger partial charge in [-0.15, -0.1) is 5.10 Å². The number of aromatic nitrogens is 2. The van der Waals surface area contributed by atoms with Crippen LogP contribution in [0, 0.1) is 0 Å². The van der Waals surface area contributed by atoms with Crippen molar-refractivity contribution in [2.75, 3.05) is 36.5 Å². The number of alkyl halides is 3. The Hall–Kier alpha value is -2.81. The predicted octanol–water partition coefficient (Wildman–Crippen LogP) is 5.25. The number of rotatable bonds is 5. The molecule has 3 aliphatic rings. The first-order valence-corrected chi connectivity index (χ1v) is 15.7. The van der Waals surface area contributed by atoms with Crippen molar-refractivity contribution in [2.24, 2.45) is 0 Å². The Morgan fingerprint density at radius 2 is 1.83 bits per heavy atom. The van der Waals surface area contributed by atoms with E-state index in [1.54, 1.807) is 17.0 Å². The number of carbonyl (C=O) groups excluding carboxylic acids is 2. The molecule has 3 fully saturated rings. The molecule has 0 aliphatic carbocycles. The number of carbonyl (C=O) groups is 2. The summed E-state index contributed by atoms with van der Waals surface area (Å²) >= 11 is 0. The molecule has 3 N–H and O–H groups in total. The van der Waals surface area contributed by atoms with Gasteiger partial charge < -0.3 is 15.0 Å². The van der Waals surface area contributed by atoms with E-state index in [0.29, 0.717) is 56.7 Å². The number of ether oxygens (including phenoxy) is 1. The van der Waals surface area contributed by atoms with Crippen LogP contribution in [0.4, 0.5) is 23.8 Å². The summed E-state index contributed by atoms with van der Waals surface area (Å²) in [5, 5.41) is 6.67. The van der Waals surface area contributed by atoms with Gasteiger partial charge in [-0.25, -0.2) is 4.79 Å². The molecule has 41 heavy (non-hydrogen) atoms. The third-order valence-electron chi connectivity index (χ3n) is 8.30. The molecule has 0 unspecified atom stereocenters. The maximum Gasteiger partial charge on any atom is 0.416 e. The van der Waals surface area contributed by atoms with E-state index in [2.05, 4.69) is 15.3 Å². The zero-order valence-electron chi connectivity index (χ0n) is 22.9. The summed E-state index contributed by atoms with van der Waals surface area (Å²) in [6, 6.07) is 5.13. The summed E-state index contributed by atoms with van der Waals surface area (Å²) < 4.78 is 68.3. The Labute approximate surface area is 238 Å². The molecule has 0 atom stereocenters. The number of anilines is 1. The molecule has 0 bridgehead atoms. The van der Waals surface area contributed by atoms with Gasteiger partial charge >= 0.3 is 12.2 Å². The quantitative estimate of drug-likeness (QED) is 0.429. The summed E-state index contributed by atoms with van der Waals surface area (Å²) in [5.41, 5.74) is -0.469. The minimum Gasteiger partial charge on any atom is -0.490 e. The molecule has 2 amide bonds. The molecule has 1 spiro atoms. The van der Waals surface area contributed by atoms with Gasteiger partial charge in [0.25, 0.3) is 0 Å². The van der Waals surface area contributed by atoms with Gasteiger partial charge in [-0.05, 0) is 56.0 Å². The number of piperidine rings is 1. The minimum absolute atomic E-state index is 0.143. The molecule has 3 aliphatic heterocycles. The van der Waals surface area contributed by atoms with E-state index >= 15 is 0 Å². The highest BCUT2D eigenvalue weighted by Gasteiger charge is 2.44. The fourth-order valence-electron chi connectivity index (χ4n) is 6.15. The number of nitrogens with one attached hydrogen (secondary N) is 1. The van der Waals surface area contributed by atoms with Crippen LogP contribution < -0.4 is 10.1 Å². The van der Waals surface area contributed by atoms with Gasteiger partial charge in [0.1, 0.15) is 11.9 Å². The largest absolute Gasteiger partial charge is 0.490 e. The first-order chi connectivity index (χ1) is 19.3. The molecular formula is C27H36F3N5O5S. The van der Waals surface area contributed by atoms with Crippen LogP contribution >= 0.6 is 10.6 Å². The summed E-state index contributed by atoms with van der Waals surface area (Å²) in [6.07, 6.45) is 0.573. The Bertz CT molecular complexity index is 1270. The van der Waals surface area contributed by atoms with E-state index < -0.39 is 22.3 Å². The van der Waals surface area contributed by atoms with E-state index in [1.807, 2.05) is 0 Å². The molecule has 5 rings (SSSR count). The zero-order chi connectivity index (χ0) is 29.4. The number of hydrogen-bond acceptors (Lipinski definition) is 7. The first-order valence-electron chi connectivity index (χ1n) is 13.8. The maximum absolute atomic E-state index is 13.8. The lowest BCUT2D eigenvalue weighted by Crippen LogP contribution is -2.53. The standard InChI is InChI=1S/C27H36F3N5O5S/c1-19(36)31-24-3-10-35(32-24)25(37)33-11-7-26(8-12-33)6-2-9-34(26)18-20-15-21(27(28,29)30)17-23(16-20)40-22-4-13-41(38,39)14-5-22/h3,10,15-17,22,38-39H,2,4-9,11-14,18H2,1H3,(H,31,32,36). The van der Waals surface area contributed by atoms with Crippen LogP contribution in [0.3, 0.4) is 0 Å². The normalized spacial score (nSPS) is 22.0. The van der Waals surface area contributed by atoms with Crippen LogP contribution in [0.15, 0.2) is 30.5 Å². The second-order valence-electron chi connectivity index (χ2n) is 11.2. The average Bonchev–Trinajstić information content (AvgIpc) is 3.51. The molecule has 10 nitrogen and oxygen atoms in total. The lowest BCUT2D eigenvalue weighted by Gasteiger charge is -2.45. The van der Waals surface area contributed by atoms with Gasteiger partial charge in [-0.3, -0.25) is 18.8 Å². The van der Waals surface area contributed by atoms with E-state index in [0.717, 1.165) is 25.5 Å². The Kier molecular flexibility index (Phi) is 8.30. The number of hydrogen-bond donors (Lipinski definition) is 3. The van der Waals surface area contributed by atoms with Crippen molar-refractivity contribution >= 4 is 28.3 Å². The van der Waals surface area contributed by atoms with Crippen molar-refractivity contribution in [2.45, 2.75) is 69.8 Å². The molecule has 0 saturated carbocycles. The number of benzene rings is 1. The van der Waals surface area contributed by atoms with Gasteiger partial charge in [0.05, 0.1) is 5.56 Å². The molecular weight excluding hydrogens is 563 g/mol. The van der Waals surface area contributed by atoms with E-state index in [9.17, 15) is 31.9 Å². The highest BCUT2D eigenvalue weighted by molar-refractivity contribution is 8.24. The van der Waals surface area contributed by atoms with Gasteiger partial charge in [-0.2, -0.15) is 28.4 Å². The lowest BCUT2D eigenvalue weighted by atomic mass is 9.84. The second-order valence-corrected chi connectivity index (χ2v) is 13.7. The first kappa shape index (κ1) is 29.7. The van der Waals surface area contributed by atoms with Crippen LogP contribution in [-0.4, -0.2) is 83.4 Å². The van der Waals surface area contributed by atoms with Crippen molar-refractivity contribution in [3.63, 3.8) is 0 Å². The van der Waals surface area contributed by atoms with E-state index in [-0.39, 0.29) is 40.8 Å². The number of amides is 2. The van der Waals surface area contributed by atoms with Crippen LogP contribution in [0.2, 0.25) is 0 Å². The van der Waals surface area contributed by atoms with Crippen molar-refractivity contribution < 1.29 is 36.6 Å². The predicted molar refractivity (Wildman–Crippen MR) is 148 cm³/mol. The molecule has 1 aromatic carbocycles. The summed E-state index contributed by atoms with van der Waals surface area (Å²) in [5.74, 6) is 0.541. The lowest BCUT2D eigenvalue weighted by molar-refractivity contribution is -0.137. The summed E-state index contributed by atoms with van der Waals surface area (Å²) in [4.78, 5) is 28.2. The molecule has 4 heterocycles. The average molecular weight is 600 g/mol. The van der Waals surface area contributed by atoms with Gasteiger partial charge in [0, 0.05) is 68.7 Å². The highest BCUT2D eigenvalue weighted by Crippen LogP contribution is 2.45. The third-order valence-corrected chi connectivity index (χ3v) is 10.1. The fraction of sp³-hybridized carbons (Fsp3) is 0.593. The third kappa shape index (κ3) is 6.99. The van der Waals surface area contributed by atoms with Crippen molar-refractivity contribution in [3.8, 4) is 5.75 Å². The molecule has 14 heteroatoms. The van der Waals surface area contributed by atoms with Gasteiger partial charge in [-0.1, -0.05) is 0 Å². The van der Waals surface area contributed by atoms with Crippen molar-refractivity contribution in [3.05, 3.63) is 41.6 Å². The van der Waals surface area contributed by atoms with E-state index in [4.69, 9.17) is 4.74 Å². The Morgan fingerprint density at radius 1 is 1.12 bits per heavy atom. The highest BCUT2D eigenvalue weighted by atomic mass is 32.3. The smallest absolute Gasteiger partial charge is 0.416 e. The van der Waals surface area contributed by atoms with Crippen LogP contribution in [0.25, 0.3) is 0 Å². The van der Waals surface area contributed by atoms with Gasteiger partial charge in [0.2, 0.25) is 5.91 Å². The number of nitrogens with zero attached hydrogens (tertiary/aromatic N) is 4. The van der Waals surface area contributed by atoms with E-state index in [1.165, 1.54) is 23.9 Å². The Morgan fingerprint density at radius 3 is 2.49 bits per heavy atom. The molecule has 226 valence electrons. The summed E-state index contributed by atoms with van der Waals surface area (Å²) in [7, 11) is -2.62. The Balaban J connectivity index is 1.26. The molecule has 0 radical (unpaired) electrons. The van der Waals surface area contributed by atoms with Gasteiger partial charge in [0.15, 0.2) is 5.82 Å². The molecule has 2 aromatic rings. The minimum atomic E-state index is -4.53. The molecule has 1 aromatic heterocycles. The summed E-state index contributed by atoms with van der Waals surface area (Å²) in [6.45, 7) is 3.42. The maximum atomic E-state index is 13.8. The topological polar surface area (TPSA) is 120 Å². The SMILES string of the molecule is CC(=O)Nc1ccn(C(=O)N2CCC3(CCCN3Cc3cc(OC4CCS(O)(O)CC4)cc(C(F)(F)F)c3)CC2)n1. The number of likely N-dealkylation sites (tertiary alicyclic amines) is 2. The van der Waals surface area contributed by atoms with Crippen LogP contribution in [0.5, 0.6) is 5.75 Å².